The summed E-state index contributed by atoms with van der Waals surface area (Å²) in [5.74, 6) is 0.914. The Kier molecular flexibility index (Phi) is 4.76. The Morgan fingerprint density at radius 2 is 2.17 bits per heavy atom. The first kappa shape index (κ1) is 15.7. The van der Waals surface area contributed by atoms with Gasteiger partial charge in [-0.1, -0.05) is 6.07 Å². The molecule has 0 spiro atoms. The number of piperidine rings is 1. The van der Waals surface area contributed by atoms with E-state index in [9.17, 15) is 9.59 Å². The minimum absolute atomic E-state index is 0.0120. The molecule has 0 aromatic carbocycles. The van der Waals surface area contributed by atoms with Crippen LogP contribution in [0, 0.1) is 0 Å². The first-order chi connectivity index (χ1) is 11.1. The quantitative estimate of drug-likeness (QED) is 0.927. The Morgan fingerprint density at radius 3 is 2.83 bits per heavy atom. The molecule has 0 radical (unpaired) electrons. The Bertz CT molecular complexity index is 672. The van der Waals surface area contributed by atoms with Gasteiger partial charge in [-0.15, -0.1) is 11.3 Å². The summed E-state index contributed by atoms with van der Waals surface area (Å²) in [6, 6.07) is 4.12. The highest BCUT2D eigenvalue weighted by Gasteiger charge is 2.22. The Balaban J connectivity index is 1.55. The molecule has 0 atom stereocenters. The van der Waals surface area contributed by atoms with Crippen LogP contribution in [0.4, 0.5) is 0 Å². The molecule has 0 saturated carbocycles. The molecule has 6 nitrogen and oxygen atoms in total. The highest BCUT2D eigenvalue weighted by molar-refractivity contribution is 7.13. The SMILES string of the molecule is CC(=O)N1CCC(NC(=O)Cn2ccnc2-c2cccs2)CC1. The maximum atomic E-state index is 12.3. The second-order valence-corrected chi connectivity index (χ2v) is 6.65. The zero-order chi connectivity index (χ0) is 16.2. The number of likely N-dealkylation sites (tertiary alicyclic amines) is 1. The van der Waals surface area contributed by atoms with Gasteiger partial charge in [-0.2, -0.15) is 0 Å². The van der Waals surface area contributed by atoms with Crippen molar-refractivity contribution in [2.75, 3.05) is 13.1 Å². The number of rotatable bonds is 4. The van der Waals surface area contributed by atoms with Crippen molar-refractivity contribution in [1.82, 2.24) is 19.8 Å². The van der Waals surface area contributed by atoms with Crippen LogP contribution in [0.5, 0.6) is 0 Å². The summed E-state index contributed by atoms with van der Waals surface area (Å²) in [6.07, 6.45) is 5.17. The normalized spacial score (nSPS) is 15.6. The predicted octanol–water partition coefficient (Wildman–Crippen LogP) is 1.74. The van der Waals surface area contributed by atoms with Crippen molar-refractivity contribution in [2.24, 2.45) is 0 Å². The average molecular weight is 332 g/mol. The van der Waals surface area contributed by atoms with Crippen LogP contribution in [-0.2, 0) is 16.1 Å². The van der Waals surface area contributed by atoms with Crippen LogP contribution in [0.15, 0.2) is 29.9 Å². The van der Waals surface area contributed by atoms with Crippen LogP contribution in [0.1, 0.15) is 19.8 Å². The molecule has 1 N–H and O–H groups in total. The van der Waals surface area contributed by atoms with Crippen LogP contribution < -0.4 is 5.32 Å². The molecule has 23 heavy (non-hydrogen) atoms. The van der Waals surface area contributed by atoms with Gasteiger partial charge >= 0.3 is 0 Å². The first-order valence-corrected chi connectivity index (χ1v) is 8.61. The molecular weight excluding hydrogens is 312 g/mol. The van der Waals surface area contributed by atoms with Crippen LogP contribution >= 0.6 is 11.3 Å². The van der Waals surface area contributed by atoms with Gasteiger partial charge in [0.25, 0.3) is 0 Å². The van der Waals surface area contributed by atoms with Gasteiger partial charge in [0.05, 0.1) is 4.88 Å². The van der Waals surface area contributed by atoms with E-state index in [1.54, 1.807) is 24.5 Å². The highest BCUT2D eigenvalue weighted by atomic mass is 32.1. The minimum atomic E-state index is -0.0120. The van der Waals surface area contributed by atoms with Crippen molar-refractivity contribution in [2.45, 2.75) is 32.4 Å². The largest absolute Gasteiger partial charge is 0.352 e. The van der Waals surface area contributed by atoms with Gasteiger partial charge in [-0.25, -0.2) is 4.98 Å². The minimum Gasteiger partial charge on any atom is -0.352 e. The number of carbonyl (C=O) groups excluding carboxylic acids is 2. The first-order valence-electron chi connectivity index (χ1n) is 7.73. The Labute approximate surface area is 139 Å². The number of amides is 2. The van der Waals surface area contributed by atoms with Crippen molar-refractivity contribution < 1.29 is 9.59 Å². The number of nitrogens with one attached hydrogen (secondary N) is 1. The molecule has 2 aromatic rings. The van der Waals surface area contributed by atoms with E-state index in [-0.39, 0.29) is 24.4 Å². The summed E-state index contributed by atoms with van der Waals surface area (Å²) in [5.41, 5.74) is 0. The number of aromatic nitrogens is 2. The van der Waals surface area contributed by atoms with Crippen molar-refractivity contribution in [3.8, 4) is 10.7 Å². The number of nitrogens with zero attached hydrogens (tertiary/aromatic N) is 3. The molecular formula is C16H20N4O2S. The van der Waals surface area contributed by atoms with E-state index in [1.807, 2.05) is 33.2 Å². The molecule has 1 fully saturated rings. The molecule has 1 aliphatic heterocycles. The molecule has 2 aromatic heterocycles. The monoisotopic (exact) mass is 332 g/mol. The lowest BCUT2D eigenvalue weighted by molar-refractivity contribution is -0.130. The second-order valence-electron chi connectivity index (χ2n) is 5.70. The van der Waals surface area contributed by atoms with Gasteiger partial charge in [-0.05, 0) is 24.3 Å². The van der Waals surface area contributed by atoms with E-state index in [0.29, 0.717) is 13.1 Å². The Hall–Kier alpha value is -2.15. The standard InChI is InChI=1S/C16H20N4O2S/c1-12(21)19-7-4-13(5-8-19)18-15(22)11-20-9-6-17-16(20)14-3-2-10-23-14/h2-3,6,9-10,13H,4-5,7-8,11H2,1H3,(H,18,22). The van der Waals surface area contributed by atoms with Crippen LogP contribution in [0.3, 0.4) is 0 Å². The number of hydrogen-bond acceptors (Lipinski definition) is 4. The number of thiophene rings is 1. The van der Waals surface area contributed by atoms with Crippen molar-refractivity contribution in [3.63, 3.8) is 0 Å². The van der Waals surface area contributed by atoms with E-state index >= 15 is 0 Å². The molecule has 0 unspecified atom stereocenters. The van der Waals surface area contributed by atoms with Gasteiger partial charge in [0.2, 0.25) is 11.8 Å². The molecule has 7 heteroatoms. The van der Waals surface area contributed by atoms with Gasteiger partial charge in [0.15, 0.2) is 0 Å². The third-order valence-electron chi connectivity index (χ3n) is 4.08. The third kappa shape index (κ3) is 3.79. The van der Waals surface area contributed by atoms with Crippen LogP contribution in [0.2, 0.25) is 0 Å². The van der Waals surface area contributed by atoms with Gasteiger partial charge in [-0.3, -0.25) is 9.59 Å². The maximum Gasteiger partial charge on any atom is 0.240 e. The summed E-state index contributed by atoms with van der Waals surface area (Å²) in [5, 5.41) is 5.06. The second kappa shape index (κ2) is 6.95. The van der Waals surface area contributed by atoms with Crippen molar-refractivity contribution >= 4 is 23.2 Å². The predicted molar refractivity (Wildman–Crippen MR) is 89.0 cm³/mol. The number of hydrogen-bond donors (Lipinski definition) is 1. The molecule has 3 rings (SSSR count). The molecule has 2 amide bonds. The summed E-state index contributed by atoms with van der Waals surface area (Å²) in [7, 11) is 0. The number of carbonyl (C=O) groups is 2. The molecule has 122 valence electrons. The lowest BCUT2D eigenvalue weighted by Crippen LogP contribution is -2.46. The van der Waals surface area contributed by atoms with E-state index < -0.39 is 0 Å². The highest BCUT2D eigenvalue weighted by Crippen LogP contribution is 2.22. The maximum absolute atomic E-state index is 12.3. The molecule has 3 heterocycles. The lowest BCUT2D eigenvalue weighted by Gasteiger charge is -2.31. The zero-order valence-electron chi connectivity index (χ0n) is 13.1. The summed E-state index contributed by atoms with van der Waals surface area (Å²) < 4.78 is 1.87. The molecule has 1 saturated heterocycles. The fourth-order valence-electron chi connectivity index (χ4n) is 2.83. The van der Waals surface area contributed by atoms with Crippen molar-refractivity contribution in [1.29, 1.82) is 0 Å². The van der Waals surface area contributed by atoms with Crippen molar-refractivity contribution in [3.05, 3.63) is 29.9 Å². The number of imidazole rings is 1. The summed E-state index contributed by atoms with van der Waals surface area (Å²) in [4.78, 5) is 30.8. The smallest absolute Gasteiger partial charge is 0.240 e. The summed E-state index contributed by atoms with van der Waals surface area (Å²) >= 11 is 1.61. The topological polar surface area (TPSA) is 67.2 Å². The molecule has 1 aliphatic rings. The van der Waals surface area contributed by atoms with E-state index in [4.69, 9.17) is 0 Å². The fraction of sp³-hybridized carbons (Fsp3) is 0.438. The van der Waals surface area contributed by atoms with E-state index in [0.717, 1.165) is 23.5 Å². The molecule has 0 aliphatic carbocycles. The average Bonchev–Trinajstić information content (AvgIpc) is 3.18. The van der Waals surface area contributed by atoms with Gasteiger partial charge < -0.3 is 14.8 Å². The Morgan fingerprint density at radius 1 is 1.39 bits per heavy atom. The van der Waals surface area contributed by atoms with Gasteiger partial charge in [0.1, 0.15) is 12.4 Å². The summed E-state index contributed by atoms with van der Waals surface area (Å²) in [6.45, 7) is 3.28. The molecule has 0 bridgehead atoms. The third-order valence-corrected chi connectivity index (χ3v) is 4.94. The van der Waals surface area contributed by atoms with Gasteiger partial charge in [0, 0.05) is 38.4 Å². The lowest BCUT2D eigenvalue weighted by atomic mass is 10.1. The van der Waals surface area contributed by atoms with Crippen LogP contribution in [0.25, 0.3) is 10.7 Å². The van der Waals surface area contributed by atoms with E-state index in [2.05, 4.69) is 10.3 Å². The van der Waals surface area contributed by atoms with Crippen LogP contribution in [-0.4, -0.2) is 45.4 Å². The van der Waals surface area contributed by atoms with E-state index in [1.165, 1.54) is 0 Å². The fourth-order valence-corrected chi connectivity index (χ4v) is 3.57. The zero-order valence-corrected chi connectivity index (χ0v) is 13.9.